The number of benzene rings is 2. The summed E-state index contributed by atoms with van der Waals surface area (Å²) < 4.78 is 5.63. The molecule has 0 aliphatic rings. The fourth-order valence-corrected chi connectivity index (χ4v) is 1.97. The lowest BCUT2D eigenvalue weighted by molar-refractivity contribution is 0.0694. The lowest BCUT2D eigenvalue weighted by atomic mass is 10.1. The predicted molar refractivity (Wildman–Crippen MR) is 73.0 cm³/mol. The van der Waals surface area contributed by atoms with Crippen molar-refractivity contribution >= 4 is 16.7 Å². The van der Waals surface area contributed by atoms with Gasteiger partial charge in [0.15, 0.2) is 5.75 Å². The molecule has 0 aliphatic carbocycles. The normalized spacial score (nSPS) is 10.4. The molecule has 0 fully saturated rings. The van der Waals surface area contributed by atoms with Gasteiger partial charge in [0.05, 0.1) is 0 Å². The molecule has 5 nitrogen and oxygen atoms in total. The van der Waals surface area contributed by atoms with Crippen LogP contribution < -0.4 is 4.74 Å². The Hall–Kier alpha value is -2.95. The van der Waals surface area contributed by atoms with Crippen molar-refractivity contribution in [3.8, 4) is 11.6 Å². The minimum atomic E-state index is -1.05. The van der Waals surface area contributed by atoms with E-state index in [0.717, 1.165) is 10.8 Å². The van der Waals surface area contributed by atoms with Gasteiger partial charge in [0.1, 0.15) is 5.56 Å². The molecule has 1 N–H and O–H groups in total. The van der Waals surface area contributed by atoms with E-state index < -0.39 is 5.97 Å². The van der Waals surface area contributed by atoms with E-state index in [1.165, 1.54) is 12.3 Å². The van der Waals surface area contributed by atoms with Crippen LogP contribution in [0.15, 0.2) is 54.7 Å². The summed E-state index contributed by atoms with van der Waals surface area (Å²) >= 11 is 0. The van der Waals surface area contributed by atoms with Crippen molar-refractivity contribution in [3.63, 3.8) is 0 Å². The highest BCUT2D eigenvalue weighted by Gasteiger charge is 2.16. The Bertz CT molecular complexity index is 772. The molecule has 3 rings (SSSR count). The van der Waals surface area contributed by atoms with Crippen molar-refractivity contribution in [1.29, 1.82) is 0 Å². The topological polar surface area (TPSA) is 72.3 Å². The SMILES string of the molecule is O=C(O)c1ccc2ccccc2c1Oc1cccnn1. The van der Waals surface area contributed by atoms with Gasteiger partial charge in [0, 0.05) is 17.6 Å². The van der Waals surface area contributed by atoms with E-state index in [1.807, 2.05) is 24.3 Å². The zero-order chi connectivity index (χ0) is 13.9. The Morgan fingerprint density at radius 1 is 1.05 bits per heavy atom. The number of ether oxygens (including phenoxy) is 1. The number of carboxylic acids is 1. The standard InChI is InChI=1S/C15H10N2O3/c18-15(19)12-8-7-10-4-1-2-5-11(10)14(12)20-13-6-3-9-16-17-13/h1-9H,(H,18,19). The minimum absolute atomic E-state index is 0.0920. The van der Waals surface area contributed by atoms with Gasteiger partial charge in [0.2, 0.25) is 5.88 Å². The summed E-state index contributed by atoms with van der Waals surface area (Å²) in [5, 5.41) is 18.4. The molecular formula is C15H10N2O3. The van der Waals surface area contributed by atoms with E-state index in [1.54, 1.807) is 18.2 Å². The Morgan fingerprint density at radius 3 is 2.65 bits per heavy atom. The number of aromatic carboxylic acids is 1. The molecule has 0 aliphatic heterocycles. The molecule has 0 atom stereocenters. The zero-order valence-corrected chi connectivity index (χ0v) is 10.4. The van der Waals surface area contributed by atoms with E-state index >= 15 is 0 Å². The molecule has 2 aromatic carbocycles. The van der Waals surface area contributed by atoms with Crippen molar-refractivity contribution in [2.75, 3.05) is 0 Å². The fourth-order valence-electron chi connectivity index (χ4n) is 1.97. The maximum atomic E-state index is 11.3. The zero-order valence-electron chi connectivity index (χ0n) is 10.4. The molecule has 0 saturated heterocycles. The molecule has 5 heteroatoms. The number of hydrogen-bond donors (Lipinski definition) is 1. The van der Waals surface area contributed by atoms with E-state index in [2.05, 4.69) is 10.2 Å². The van der Waals surface area contributed by atoms with Crippen LogP contribution in [0.5, 0.6) is 11.6 Å². The fraction of sp³-hybridized carbons (Fsp3) is 0. The van der Waals surface area contributed by atoms with Crippen molar-refractivity contribution < 1.29 is 14.6 Å². The van der Waals surface area contributed by atoms with Crippen LogP contribution in [0.1, 0.15) is 10.4 Å². The van der Waals surface area contributed by atoms with E-state index in [0.29, 0.717) is 0 Å². The van der Waals surface area contributed by atoms with Crippen molar-refractivity contribution in [2.24, 2.45) is 0 Å². The first-order valence-corrected chi connectivity index (χ1v) is 5.96. The van der Waals surface area contributed by atoms with Gasteiger partial charge in [-0.05, 0) is 17.5 Å². The molecule has 0 saturated carbocycles. The summed E-state index contributed by atoms with van der Waals surface area (Å²) in [6, 6.07) is 14.0. The average Bonchev–Trinajstić information content (AvgIpc) is 2.48. The second kappa shape index (κ2) is 4.97. The molecular weight excluding hydrogens is 256 g/mol. The second-order valence-electron chi connectivity index (χ2n) is 4.13. The van der Waals surface area contributed by atoms with Crippen LogP contribution in [0.3, 0.4) is 0 Å². The van der Waals surface area contributed by atoms with E-state index in [9.17, 15) is 9.90 Å². The Kier molecular flexibility index (Phi) is 3.01. The first-order chi connectivity index (χ1) is 9.75. The van der Waals surface area contributed by atoms with Crippen molar-refractivity contribution in [1.82, 2.24) is 10.2 Å². The Labute approximate surface area is 114 Å². The predicted octanol–water partition coefficient (Wildman–Crippen LogP) is 3.12. The van der Waals surface area contributed by atoms with Gasteiger partial charge in [0.25, 0.3) is 0 Å². The largest absolute Gasteiger partial charge is 0.478 e. The number of nitrogens with zero attached hydrogens (tertiary/aromatic N) is 2. The molecule has 0 spiro atoms. The summed E-state index contributed by atoms with van der Waals surface area (Å²) in [6.07, 6.45) is 1.52. The third-order valence-corrected chi connectivity index (χ3v) is 2.86. The number of carboxylic acid groups (broad SMARTS) is 1. The van der Waals surface area contributed by atoms with Gasteiger partial charge in [-0.3, -0.25) is 0 Å². The summed E-state index contributed by atoms with van der Waals surface area (Å²) in [6.45, 7) is 0. The second-order valence-corrected chi connectivity index (χ2v) is 4.13. The van der Waals surface area contributed by atoms with Crippen LogP contribution in [0.2, 0.25) is 0 Å². The number of fused-ring (bicyclic) bond motifs is 1. The highest BCUT2D eigenvalue weighted by molar-refractivity contribution is 6.00. The van der Waals surface area contributed by atoms with Gasteiger partial charge >= 0.3 is 5.97 Å². The van der Waals surface area contributed by atoms with Gasteiger partial charge < -0.3 is 9.84 Å². The van der Waals surface area contributed by atoms with Crippen LogP contribution in [0, 0.1) is 0 Å². The van der Waals surface area contributed by atoms with Crippen LogP contribution in [-0.4, -0.2) is 21.3 Å². The Morgan fingerprint density at radius 2 is 1.90 bits per heavy atom. The van der Waals surface area contributed by atoms with Gasteiger partial charge in [-0.15, -0.1) is 5.10 Å². The molecule has 1 heterocycles. The molecule has 0 radical (unpaired) electrons. The van der Waals surface area contributed by atoms with Crippen LogP contribution in [-0.2, 0) is 0 Å². The van der Waals surface area contributed by atoms with Gasteiger partial charge in [-0.25, -0.2) is 4.79 Å². The molecule has 1 aromatic heterocycles. The highest BCUT2D eigenvalue weighted by atomic mass is 16.5. The molecule has 98 valence electrons. The first-order valence-electron chi connectivity index (χ1n) is 5.96. The molecule has 0 unspecified atom stereocenters. The van der Waals surface area contributed by atoms with Crippen LogP contribution in [0.4, 0.5) is 0 Å². The average molecular weight is 266 g/mol. The highest BCUT2D eigenvalue weighted by Crippen LogP contribution is 2.32. The summed E-state index contributed by atoms with van der Waals surface area (Å²) in [4.78, 5) is 11.3. The van der Waals surface area contributed by atoms with Crippen molar-refractivity contribution in [3.05, 3.63) is 60.3 Å². The van der Waals surface area contributed by atoms with Crippen LogP contribution in [0.25, 0.3) is 10.8 Å². The van der Waals surface area contributed by atoms with E-state index in [-0.39, 0.29) is 17.2 Å². The smallest absolute Gasteiger partial charge is 0.339 e. The molecule has 0 bridgehead atoms. The quantitative estimate of drug-likeness (QED) is 0.788. The lowest BCUT2D eigenvalue weighted by Crippen LogP contribution is -2.01. The number of carbonyl (C=O) groups is 1. The maximum absolute atomic E-state index is 11.3. The number of hydrogen-bond acceptors (Lipinski definition) is 4. The molecule has 0 amide bonds. The van der Waals surface area contributed by atoms with Crippen LogP contribution >= 0.6 is 0 Å². The summed E-state index contributed by atoms with van der Waals surface area (Å²) in [5.74, 6) is -0.517. The van der Waals surface area contributed by atoms with E-state index in [4.69, 9.17) is 4.74 Å². The van der Waals surface area contributed by atoms with Gasteiger partial charge in [-0.2, -0.15) is 5.10 Å². The minimum Gasteiger partial charge on any atom is -0.478 e. The third kappa shape index (κ3) is 2.16. The number of aromatic nitrogens is 2. The Balaban J connectivity index is 2.20. The first kappa shape index (κ1) is 12.1. The summed E-state index contributed by atoms with van der Waals surface area (Å²) in [7, 11) is 0. The molecule has 20 heavy (non-hydrogen) atoms. The van der Waals surface area contributed by atoms with Crippen molar-refractivity contribution in [2.45, 2.75) is 0 Å². The molecule has 3 aromatic rings. The number of rotatable bonds is 3. The van der Waals surface area contributed by atoms with Gasteiger partial charge in [-0.1, -0.05) is 30.3 Å². The third-order valence-electron chi connectivity index (χ3n) is 2.86. The lowest BCUT2D eigenvalue weighted by Gasteiger charge is -2.10. The maximum Gasteiger partial charge on any atom is 0.339 e. The summed E-state index contributed by atoms with van der Waals surface area (Å²) in [5.41, 5.74) is 0.0920. The monoisotopic (exact) mass is 266 g/mol.